The maximum Gasteiger partial charge on any atom is 0.345 e. The molecule has 0 spiro atoms. The molecule has 0 atom stereocenters. The molecule has 3 aromatic heterocycles. The van der Waals surface area contributed by atoms with E-state index in [9.17, 15) is 9.90 Å². The van der Waals surface area contributed by atoms with Crippen LogP contribution in [0.2, 0.25) is 0 Å². The molecule has 3 rings (SSSR count). The van der Waals surface area contributed by atoms with Crippen molar-refractivity contribution in [3.05, 3.63) is 41.2 Å². The number of fused-ring (bicyclic) bond motifs is 1. The highest BCUT2D eigenvalue weighted by Gasteiger charge is 2.18. The van der Waals surface area contributed by atoms with Crippen molar-refractivity contribution >= 4 is 27.5 Å². The van der Waals surface area contributed by atoms with Crippen LogP contribution in [0, 0.1) is 5.92 Å². The van der Waals surface area contributed by atoms with Crippen molar-refractivity contribution in [2.75, 3.05) is 0 Å². The van der Waals surface area contributed by atoms with E-state index in [1.54, 1.807) is 18.5 Å². The summed E-state index contributed by atoms with van der Waals surface area (Å²) in [7, 11) is 0. The van der Waals surface area contributed by atoms with Crippen LogP contribution in [0.15, 0.2) is 30.6 Å². The van der Waals surface area contributed by atoms with Gasteiger partial charge in [-0.3, -0.25) is 4.98 Å². The second-order valence-electron chi connectivity index (χ2n) is 5.30. The average Bonchev–Trinajstić information content (AvgIpc) is 3.00. The normalized spacial score (nSPS) is 11.4. The molecule has 0 fully saturated rings. The molecule has 5 nitrogen and oxygen atoms in total. The Morgan fingerprint density at radius 3 is 2.71 bits per heavy atom. The van der Waals surface area contributed by atoms with Gasteiger partial charge in [-0.2, -0.15) is 5.10 Å². The van der Waals surface area contributed by atoms with Gasteiger partial charge in [0.1, 0.15) is 9.71 Å². The largest absolute Gasteiger partial charge is 0.477 e. The zero-order chi connectivity index (χ0) is 15.0. The Labute approximate surface area is 125 Å². The van der Waals surface area contributed by atoms with Gasteiger partial charge in [-0.15, -0.1) is 11.3 Å². The fourth-order valence-corrected chi connectivity index (χ4v) is 3.26. The molecule has 0 aliphatic carbocycles. The van der Waals surface area contributed by atoms with Crippen LogP contribution < -0.4 is 0 Å². The number of hydrogen-bond acceptors (Lipinski definition) is 4. The summed E-state index contributed by atoms with van der Waals surface area (Å²) in [6.07, 6.45) is 4.23. The highest BCUT2D eigenvalue weighted by molar-refractivity contribution is 7.20. The highest BCUT2D eigenvalue weighted by Crippen LogP contribution is 2.31. The Kier molecular flexibility index (Phi) is 3.47. The minimum atomic E-state index is -0.895. The van der Waals surface area contributed by atoms with Crippen LogP contribution in [0.3, 0.4) is 0 Å². The molecule has 1 N–H and O–H groups in total. The molecule has 0 saturated carbocycles. The minimum Gasteiger partial charge on any atom is -0.477 e. The number of rotatable bonds is 4. The third-order valence-electron chi connectivity index (χ3n) is 3.16. The number of carboxylic acids is 1. The molecule has 6 heteroatoms. The van der Waals surface area contributed by atoms with Crippen molar-refractivity contribution in [2.45, 2.75) is 20.3 Å². The predicted molar refractivity (Wildman–Crippen MR) is 82.2 cm³/mol. The minimum absolute atomic E-state index is 0.343. The van der Waals surface area contributed by atoms with Crippen molar-refractivity contribution < 1.29 is 9.90 Å². The van der Waals surface area contributed by atoms with Crippen LogP contribution in [-0.4, -0.2) is 25.8 Å². The molecule has 0 aromatic carbocycles. The molecule has 0 radical (unpaired) electrons. The van der Waals surface area contributed by atoms with E-state index in [1.807, 2.05) is 16.8 Å². The molecule has 0 bridgehead atoms. The first kappa shape index (κ1) is 13.8. The van der Waals surface area contributed by atoms with E-state index in [-0.39, 0.29) is 0 Å². The van der Waals surface area contributed by atoms with Gasteiger partial charge in [0.2, 0.25) is 0 Å². The van der Waals surface area contributed by atoms with E-state index < -0.39 is 5.97 Å². The standard InChI is InChI=1S/C15H15N3O2S/c1-9(2)7-12-11-8-13(15(19)20)21-14(11)18(17-12)10-3-5-16-6-4-10/h3-6,8-9H,7H2,1-2H3,(H,19,20). The lowest BCUT2D eigenvalue weighted by Crippen LogP contribution is -2.00. The topological polar surface area (TPSA) is 68.0 Å². The van der Waals surface area contributed by atoms with Gasteiger partial charge in [-0.1, -0.05) is 13.8 Å². The van der Waals surface area contributed by atoms with E-state index in [2.05, 4.69) is 23.9 Å². The lowest BCUT2D eigenvalue weighted by atomic mass is 10.1. The Balaban J connectivity index is 2.21. The highest BCUT2D eigenvalue weighted by atomic mass is 32.1. The van der Waals surface area contributed by atoms with Gasteiger partial charge in [0.25, 0.3) is 0 Å². The molecule has 3 heterocycles. The predicted octanol–water partition coefficient (Wildman–Crippen LogP) is 3.38. The monoisotopic (exact) mass is 301 g/mol. The molecule has 0 aliphatic heterocycles. The fraction of sp³-hybridized carbons (Fsp3) is 0.267. The first-order valence-corrected chi connectivity index (χ1v) is 7.53. The zero-order valence-corrected chi connectivity index (χ0v) is 12.6. The molecule has 0 unspecified atom stereocenters. The fourth-order valence-electron chi connectivity index (χ4n) is 2.27. The van der Waals surface area contributed by atoms with Gasteiger partial charge < -0.3 is 5.11 Å². The smallest absolute Gasteiger partial charge is 0.345 e. The molecule has 108 valence electrons. The Morgan fingerprint density at radius 1 is 1.38 bits per heavy atom. The molecule has 0 saturated heterocycles. The van der Waals surface area contributed by atoms with Crippen LogP contribution in [0.1, 0.15) is 29.2 Å². The lowest BCUT2D eigenvalue weighted by Gasteiger charge is -2.02. The third-order valence-corrected chi connectivity index (χ3v) is 4.25. The van der Waals surface area contributed by atoms with Gasteiger partial charge in [0.15, 0.2) is 0 Å². The number of carboxylic acid groups (broad SMARTS) is 1. The zero-order valence-electron chi connectivity index (χ0n) is 11.8. The van der Waals surface area contributed by atoms with E-state index in [0.29, 0.717) is 10.8 Å². The van der Waals surface area contributed by atoms with Crippen molar-refractivity contribution in [1.29, 1.82) is 0 Å². The van der Waals surface area contributed by atoms with Crippen molar-refractivity contribution in [1.82, 2.24) is 14.8 Å². The van der Waals surface area contributed by atoms with Crippen molar-refractivity contribution in [2.24, 2.45) is 5.92 Å². The summed E-state index contributed by atoms with van der Waals surface area (Å²) in [5.74, 6) is -0.435. The number of hydrogen-bond donors (Lipinski definition) is 1. The molecular weight excluding hydrogens is 286 g/mol. The molecule has 21 heavy (non-hydrogen) atoms. The number of thiophene rings is 1. The quantitative estimate of drug-likeness (QED) is 0.802. The summed E-state index contributed by atoms with van der Waals surface area (Å²) in [5.41, 5.74) is 1.84. The molecular formula is C15H15N3O2S. The van der Waals surface area contributed by atoms with Crippen LogP contribution in [0.25, 0.3) is 15.9 Å². The Bertz CT molecular complexity index is 790. The van der Waals surface area contributed by atoms with Gasteiger partial charge in [0, 0.05) is 17.8 Å². The van der Waals surface area contributed by atoms with Crippen molar-refractivity contribution in [3.8, 4) is 5.69 Å². The third kappa shape index (κ3) is 2.54. The summed E-state index contributed by atoms with van der Waals surface area (Å²) >= 11 is 1.26. The van der Waals surface area contributed by atoms with E-state index in [0.717, 1.165) is 28.0 Å². The summed E-state index contributed by atoms with van der Waals surface area (Å²) < 4.78 is 1.81. The number of pyridine rings is 1. The van der Waals surface area contributed by atoms with Crippen LogP contribution in [0.5, 0.6) is 0 Å². The van der Waals surface area contributed by atoms with Crippen LogP contribution in [0.4, 0.5) is 0 Å². The van der Waals surface area contributed by atoms with Crippen LogP contribution >= 0.6 is 11.3 Å². The van der Waals surface area contributed by atoms with Crippen molar-refractivity contribution in [3.63, 3.8) is 0 Å². The summed E-state index contributed by atoms with van der Waals surface area (Å²) in [6.45, 7) is 4.25. The first-order valence-electron chi connectivity index (χ1n) is 6.71. The first-order chi connectivity index (χ1) is 10.1. The maximum atomic E-state index is 11.2. The molecule has 0 amide bonds. The summed E-state index contributed by atoms with van der Waals surface area (Å²) in [5, 5.41) is 14.8. The van der Waals surface area contributed by atoms with Gasteiger partial charge >= 0.3 is 5.97 Å². The van der Waals surface area contributed by atoms with E-state index in [4.69, 9.17) is 0 Å². The van der Waals surface area contributed by atoms with Gasteiger partial charge in [-0.05, 0) is 30.5 Å². The maximum absolute atomic E-state index is 11.2. The van der Waals surface area contributed by atoms with Crippen LogP contribution in [-0.2, 0) is 6.42 Å². The number of aromatic carboxylic acids is 1. The molecule has 0 aliphatic rings. The SMILES string of the molecule is CC(C)Cc1nn(-c2ccncc2)c2sc(C(=O)O)cc12. The lowest BCUT2D eigenvalue weighted by molar-refractivity contribution is 0.0702. The second-order valence-corrected chi connectivity index (χ2v) is 6.33. The Hall–Kier alpha value is -2.21. The van der Waals surface area contributed by atoms with E-state index >= 15 is 0 Å². The number of carbonyl (C=O) groups is 1. The van der Waals surface area contributed by atoms with Gasteiger partial charge in [0.05, 0.1) is 11.4 Å². The number of nitrogens with zero attached hydrogens (tertiary/aromatic N) is 3. The number of aromatic nitrogens is 3. The average molecular weight is 301 g/mol. The summed E-state index contributed by atoms with van der Waals surface area (Å²) in [6, 6.07) is 5.46. The molecule has 3 aromatic rings. The second kappa shape index (κ2) is 5.29. The van der Waals surface area contributed by atoms with Gasteiger partial charge in [-0.25, -0.2) is 9.48 Å². The Morgan fingerprint density at radius 2 is 2.10 bits per heavy atom. The summed E-state index contributed by atoms with van der Waals surface area (Å²) in [4.78, 5) is 16.4. The van der Waals surface area contributed by atoms with E-state index in [1.165, 1.54) is 11.3 Å².